The van der Waals surface area contributed by atoms with Gasteiger partial charge in [0.25, 0.3) is 5.91 Å². The first-order valence-electron chi connectivity index (χ1n) is 15.6. The number of imidazole rings is 2. The van der Waals surface area contributed by atoms with E-state index in [1.165, 1.54) is 12.3 Å². The van der Waals surface area contributed by atoms with Crippen molar-refractivity contribution in [1.82, 2.24) is 33.9 Å². The van der Waals surface area contributed by atoms with Crippen LogP contribution in [0.1, 0.15) is 49.4 Å². The lowest BCUT2D eigenvalue weighted by molar-refractivity contribution is 0.0991. The summed E-state index contributed by atoms with van der Waals surface area (Å²) in [5, 5.41) is 7.22. The number of fused-ring (bicyclic) bond motifs is 2. The minimum atomic E-state index is -0.651. The predicted molar refractivity (Wildman–Crippen MR) is 186 cm³/mol. The summed E-state index contributed by atoms with van der Waals surface area (Å²) < 4.78 is 16.5. The van der Waals surface area contributed by atoms with Crippen LogP contribution in [0, 0.1) is 6.92 Å². The Labute approximate surface area is 285 Å². The lowest BCUT2D eigenvalue weighted by Crippen LogP contribution is -2.20. The number of carbonyl (C=O) groups excluding carboxylic acids is 3. The number of nitrogens with zero attached hydrogens (tertiary/aromatic N) is 7. The summed E-state index contributed by atoms with van der Waals surface area (Å²) in [4.78, 5) is 50.7. The molecule has 7 N–H and O–H groups in total. The summed E-state index contributed by atoms with van der Waals surface area (Å²) in [5.74, 6) is -0.175. The zero-order valence-corrected chi connectivity index (χ0v) is 27.6. The van der Waals surface area contributed by atoms with E-state index in [1.54, 1.807) is 46.0 Å². The Kier molecular flexibility index (Phi) is 9.16. The molecule has 16 nitrogen and oxygen atoms in total. The number of hydrogen-bond donors (Lipinski definition) is 4. The number of benzene rings is 2. The van der Waals surface area contributed by atoms with Gasteiger partial charge in [0.2, 0.25) is 23.7 Å². The Balaban J connectivity index is 1.29. The Morgan fingerprint density at radius 1 is 0.920 bits per heavy atom. The molecule has 0 spiro atoms. The summed E-state index contributed by atoms with van der Waals surface area (Å²) in [7, 11) is 1.59. The summed E-state index contributed by atoms with van der Waals surface area (Å²) in [6.45, 7) is 4.92. The van der Waals surface area contributed by atoms with Gasteiger partial charge in [0, 0.05) is 31.4 Å². The summed E-state index contributed by atoms with van der Waals surface area (Å²) >= 11 is 0. The van der Waals surface area contributed by atoms with Gasteiger partial charge in [0.05, 0.1) is 23.9 Å². The van der Waals surface area contributed by atoms with E-state index in [1.807, 2.05) is 43.3 Å². The van der Waals surface area contributed by atoms with Crippen LogP contribution in [0.4, 0.5) is 11.9 Å². The van der Waals surface area contributed by atoms with Crippen LogP contribution in [0.2, 0.25) is 0 Å². The van der Waals surface area contributed by atoms with E-state index in [9.17, 15) is 14.4 Å². The van der Waals surface area contributed by atoms with E-state index in [0.29, 0.717) is 51.6 Å². The van der Waals surface area contributed by atoms with Crippen LogP contribution in [0.25, 0.3) is 22.2 Å². The molecule has 256 valence electrons. The number of rotatable bonds is 13. The third-order valence-corrected chi connectivity index (χ3v) is 7.95. The first-order chi connectivity index (χ1) is 24.1. The second-order valence-corrected chi connectivity index (χ2v) is 11.3. The SMILES string of the molecule is CCn1nc(C)cc1C(=O)Nc1nc2cc(C(N)=O)cnc2n1C/C=C/Cn1c(N)nc2cc(C(N)=O)cc(OCc3ccc(OC)cc3)c21. The Bertz CT molecular complexity index is 2280. The average Bonchev–Trinajstić information content (AvgIpc) is 3.76. The summed E-state index contributed by atoms with van der Waals surface area (Å²) in [5.41, 5.74) is 21.6. The lowest BCUT2D eigenvalue weighted by atomic mass is 10.1. The van der Waals surface area contributed by atoms with Crippen LogP contribution < -0.4 is 32.0 Å². The maximum atomic E-state index is 13.3. The van der Waals surface area contributed by atoms with Crippen molar-refractivity contribution >= 4 is 51.8 Å². The highest BCUT2D eigenvalue weighted by Crippen LogP contribution is 2.31. The van der Waals surface area contributed by atoms with Gasteiger partial charge in [-0.15, -0.1) is 0 Å². The number of nitrogens with one attached hydrogen (secondary N) is 1. The molecule has 0 saturated carbocycles. The van der Waals surface area contributed by atoms with Crippen molar-refractivity contribution in [3.63, 3.8) is 0 Å². The van der Waals surface area contributed by atoms with Crippen LogP contribution in [0.5, 0.6) is 11.5 Å². The average molecular weight is 678 g/mol. The Morgan fingerprint density at radius 2 is 1.62 bits per heavy atom. The second-order valence-electron chi connectivity index (χ2n) is 11.3. The fourth-order valence-corrected chi connectivity index (χ4v) is 5.48. The fourth-order valence-electron chi connectivity index (χ4n) is 5.48. The molecule has 0 aliphatic rings. The van der Waals surface area contributed by atoms with Crippen molar-refractivity contribution in [2.24, 2.45) is 11.5 Å². The largest absolute Gasteiger partial charge is 0.497 e. The number of pyridine rings is 1. The number of nitrogens with two attached hydrogens (primary N) is 3. The van der Waals surface area contributed by atoms with Gasteiger partial charge in [-0.3, -0.25) is 28.9 Å². The quantitative estimate of drug-likeness (QED) is 0.131. The predicted octanol–water partition coefficient (Wildman–Crippen LogP) is 3.18. The number of carbonyl (C=O) groups is 3. The number of ether oxygens (including phenoxy) is 2. The fraction of sp³-hybridized carbons (Fsp3) is 0.206. The van der Waals surface area contributed by atoms with Crippen molar-refractivity contribution in [1.29, 1.82) is 0 Å². The third kappa shape index (κ3) is 6.66. The molecular formula is C34H35N11O5. The van der Waals surface area contributed by atoms with E-state index in [-0.39, 0.29) is 42.7 Å². The Morgan fingerprint density at radius 3 is 2.30 bits per heavy atom. The highest BCUT2D eigenvalue weighted by Gasteiger charge is 2.20. The molecule has 0 aliphatic carbocycles. The van der Waals surface area contributed by atoms with Crippen LogP contribution in [0.15, 0.2) is 66.9 Å². The molecule has 0 unspecified atom stereocenters. The van der Waals surface area contributed by atoms with Gasteiger partial charge in [-0.2, -0.15) is 5.10 Å². The maximum Gasteiger partial charge on any atom is 0.276 e. The first-order valence-corrected chi connectivity index (χ1v) is 15.6. The number of aryl methyl sites for hydroxylation is 2. The standard InChI is InChI=1S/C34H35N11O5/c1-4-45-26(13-19(2)42-45)32(48)41-34-40-25-15-22(30(36)47)17-38-31(25)44(34)12-6-5-11-43-28-24(39-33(43)37)14-21(29(35)46)16-27(28)50-18-20-7-9-23(49-3)10-8-20/h5-10,13-17H,4,11-12,18H2,1-3H3,(H2,35,46)(H2,36,47)(H2,37,39)(H,40,41,48)/b6-5+. The number of primary amides is 2. The van der Waals surface area contributed by atoms with E-state index in [4.69, 9.17) is 26.7 Å². The number of methoxy groups -OCH3 is 1. The van der Waals surface area contributed by atoms with Gasteiger partial charge < -0.3 is 31.2 Å². The molecule has 50 heavy (non-hydrogen) atoms. The molecule has 0 fully saturated rings. The van der Waals surface area contributed by atoms with Crippen molar-refractivity contribution < 1.29 is 23.9 Å². The molecule has 0 radical (unpaired) electrons. The number of aromatic nitrogens is 7. The van der Waals surface area contributed by atoms with Crippen LogP contribution >= 0.6 is 0 Å². The monoisotopic (exact) mass is 677 g/mol. The Hall–Kier alpha value is -6.71. The van der Waals surface area contributed by atoms with Gasteiger partial charge in [-0.25, -0.2) is 15.0 Å². The van der Waals surface area contributed by atoms with Gasteiger partial charge >= 0.3 is 0 Å². The molecule has 4 heterocycles. The topological polar surface area (TPSA) is 226 Å². The molecule has 2 aromatic carbocycles. The normalized spacial score (nSPS) is 11.4. The van der Waals surface area contributed by atoms with Gasteiger partial charge in [-0.1, -0.05) is 24.3 Å². The van der Waals surface area contributed by atoms with Crippen molar-refractivity contribution in [2.75, 3.05) is 18.2 Å². The minimum Gasteiger partial charge on any atom is -0.497 e. The van der Waals surface area contributed by atoms with E-state index >= 15 is 0 Å². The smallest absolute Gasteiger partial charge is 0.276 e. The van der Waals surface area contributed by atoms with Gasteiger partial charge in [0.15, 0.2) is 5.65 Å². The number of hydrogen-bond acceptors (Lipinski definition) is 10. The van der Waals surface area contributed by atoms with E-state index in [2.05, 4.69) is 25.4 Å². The zero-order valence-electron chi connectivity index (χ0n) is 27.6. The van der Waals surface area contributed by atoms with Crippen molar-refractivity contribution in [2.45, 2.75) is 40.1 Å². The van der Waals surface area contributed by atoms with Crippen LogP contribution in [-0.2, 0) is 26.2 Å². The number of allylic oxidation sites excluding steroid dienone is 2. The molecule has 0 bridgehead atoms. The highest BCUT2D eigenvalue weighted by atomic mass is 16.5. The summed E-state index contributed by atoms with van der Waals surface area (Å²) in [6.07, 6.45) is 5.07. The second kappa shape index (κ2) is 13.8. The number of anilines is 2. The third-order valence-electron chi connectivity index (χ3n) is 7.95. The molecule has 6 rings (SSSR count). The first kappa shape index (κ1) is 33.2. The molecule has 4 aromatic heterocycles. The number of nitrogen functional groups attached to an aromatic ring is 1. The maximum absolute atomic E-state index is 13.3. The van der Waals surface area contributed by atoms with Crippen molar-refractivity contribution in [3.8, 4) is 11.5 Å². The molecule has 3 amide bonds. The molecule has 16 heteroatoms. The van der Waals surface area contributed by atoms with Gasteiger partial charge in [-0.05, 0) is 55.8 Å². The van der Waals surface area contributed by atoms with Crippen LogP contribution in [0.3, 0.4) is 0 Å². The molecule has 6 aromatic rings. The van der Waals surface area contributed by atoms with E-state index < -0.39 is 17.7 Å². The molecule has 0 atom stereocenters. The zero-order chi connectivity index (χ0) is 35.5. The molecule has 0 aliphatic heterocycles. The number of amides is 3. The molecule has 0 saturated heterocycles. The summed E-state index contributed by atoms with van der Waals surface area (Å²) in [6, 6.07) is 13.8. The lowest BCUT2D eigenvalue weighted by Gasteiger charge is -2.12. The van der Waals surface area contributed by atoms with Crippen LogP contribution in [-0.4, -0.2) is 58.7 Å². The highest BCUT2D eigenvalue weighted by molar-refractivity contribution is 6.03. The molecular weight excluding hydrogens is 642 g/mol. The van der Waals surface area contributed by atoms with E-state index in [0.717, 1.165) is 5.56 Å². The van der Waals surface area contributed by atoms with Gasteiger partial charge in [0.1, 0.15) is 34.8 Å². The minimum absolute atomic E-state index is 0.183. The van der Waals surface area contributed by atoms with Crippen molar-refractivity contribution in [3.05, 3.63) is 95.0 Å².